The van der Waals surface area contributed by atoms with E-state index in [1.807, 2.05) is 0 Å². The van der Waals surface area contributed by atoms with Crippen molar-refractivity contribution in [2.24, 2.45) is 0 Å². The van der Waals surface area contributed by atoms with Gasteiger partial charge >= 0.3 is 5.97 Å². The largest absolute Gasteiger partial charge is 0.466 e. The number of aliphatic hydroxyl groups is 1. The van der Waals surface area contributed by atoms with E-state index < -0.39 is 11.7 Å². The Balaban J connectivity index is 2.12. The van der Waals surface area contributed by atoms with Crippen molar-refractivity contribution in [1.82, 2.24) is 10.0 Å². The Morgan fingerprint density at radius 3 is 2.53 bits per heavy atom. The van der Waals surface area contributed by atoms with Crippen molar-refractivity contribution in [3.8, 4) is 0 Å². The normalized spacial score (nSPS) is 33.5. The van der Waals surface area contributed by atoms with Crippen LogP contribution in [0.5, 0.6) is 0 Å². The highest BCUT2D eigenvalue weighted by Gasteiger charge is 2.49. The quantitative estimate of drug-likeness (QED) is 0.653. The van der Waals surface area contributed by atoms with E-state index >= 15 is 0 Å². The molecule has 0 aromatic rings. The minimum Gasteiger partial charge on any atom is -0.466 e. The molecule has 0 aromatic carbocycles. The third-order valence-corrected chi connectivity index (χ3v) is 3.26. The van der Waals surface area contributed by atoms with E-state index in [1.54, 1.807) is 5.01 Å². The molecule has 2 aliphatic heterocycles. The van der Waals surface area contributed by atoms with Gasteiger partial charge in [0.15, 0.2) is 0 Å². The highest BCUT2D eigenvalue weighted by molar-refractivity contribution is 5.78. The number of hydrazine groups is 1. The van der Waals surface area contributed by atoms with Crippen molar-refractivity contribution in [2.45, 2.75) is 31.4 Å². The van der Waals surface area contributed by atoms with Gasteiger partial charge < -0.3 is 9.84 Å². The highest BCUT2D eigenvalue weighted by Crippen LogP contribution is 2.31. The van der Waals surface area contributed by atoms with E-state index in [-0.39, 0.29) is 0 Å². The second-order valence-corrected chi connectivity index (χ2v) is 4.20. The molecular weight excluding hydrogens is 196 g/mol. The maximum atomic E-state index is 11.6. The number of hydrogen-bond donors (Lipinski definition) is 1. The highest BCUT2D eigenvalue weighted by atomic mass is 16.5. The average Bonchev–Trinajstić information content (AvgIpc) is 2.85. The van der Waals surface area contributed by atoms with Gasteiger partial charge in [-0.3, -0.25) is 0 Å². The Hall–Kier alpha value is -0.650. The second kappa shape index (κ2) is 4.08. The van der Waals surface area contributed by atoms with E-state index in [1.165, 1.54) is 7.11 Å². The first-order valence-corrected chi connectivity index (χ1v) is 5.52. The first-order chi connectivity index (χ1) is 7.18. The topological polar surface area (TPSA) is 53.0 Å². The molecule has 2 heterocycles. The monoisotopic (exact) mass is 214 g/mol. The first-order valence-electron chi connectivity index (χ1n) is 5.52. The standard InChI is InChI=1S/C10H18N2O3/c1-15-9(13)10(14)5-4-8-12(10)11-6-2-3-7-11/h14H,2-8H2,1H3/t10-/m0/s1. The van der Waals surface area contributed by atoms with Gasteiger partial charge in [-0.05, 0) is 19.3 Å². The van der Waals surface area contributed by atoms with Crippen LogP contribution in [0.15, 0.2) is 0 Å². The molecule has 0 radical (unpaired) electrons. The van der Waals surface area contributed by atoms with Crippen LogP contribution in [-0.2, 0) is 9.53 Å². The number of hydrogen-bond acceptors (Lipinski definition) is 5. The molecule has 0 bridgehead atoms. The summed E-state index contributed by atoms with van der Waals surface area (Å²) in [5, 5.41) is 14.1. The molecule has 0 unspecified atom stereocenters. The third kappa shape index (κ3) is 1.75. The number of esters is 1. The number of carbonyl (C=O) groups excluding carboxylic acids is 1. The molecule has 2 fully saturated rings. The fourth-order valence-corrected chi connectivity index (χ4v) is 2.48. The van der Waals surface area contributed by atoms with Gasteiger partial charge in [0.2, 0.25) is 5.72 Å². The molecular formula is C10H18N2O3. The van der Waals surface area contributed by atoms with Crippen LogP contribution in [0, 0.1) is 0 Å². The predicted molar refractivity (Wildman–Crippen MR) is 53.7 cm³/mol. The number of methoxy groups -OCH3 is 1. The lowest BCUT2D eigenvalue weighted by Gasteiger charge is -2.37. The predicted octanol–water partition coefficient (Wildman–Crippen LogP) is -0.0454. The zero-order chi connectivity index (χ0) is 10.9. The van der Waals surface area contributed by atoms with Crippen LogP contribution < -0.4 is 0 Å². The van der Waals surface area contributed by atoms with E-state index in [2.05, 4.69) is 9.75 Å². The molecule has 1 N–H and O–H groups in total. The van der Waals surface area contributed by atoms with E-state index in [9.17, 15) is 9.90 Å². The van der Waals surface area contributed by atoms with Gasteiger partial charge in [0, 0.05) is 26.1 Å². The fraction of sp³-hybridized carbons (Fsp3) is 0.900. The molecule has 0 amide bonds. The molecule has 0 spiro atoms. The Labute approximate surface area is 89.6 Å². The van der Waals surface area contributed by atoms with E-state index in [0.717, 1.165) is 38.9 Å². The van der Waals surface area contributed by atoms with E-state index in [4.69, 9.17) is 0 Å². The van der Waals surface area contributed by atoms with Crippen molar-refractivity contribution in [2.75, 3.05) is 26.7 Å². The minimum atomic E-state index is -1.42. The Morgan fingerprint density at radius 1 is 1.27 bits per heavy atom. The molecule has 86 valence electrons. The molecule has 2 rings (SSSR count). The van der Waals surface area contributed by atoms with Gasteiger partial charge in [0.05, 0.1) is 7.11 Å². The second-order valence-electron chi connectivity index (χ2n) is 4.20. The van der Waals surface area contributed by atoms with Crippen LogP contribution in [0.4, 0.5) is 0 Å². The SMILES string of the molecule is COC(=O)[C@@]1(O)CCCN1N1CCCC1. The van der Waals surface area contributed by atoms with Gasteiger partial charge in [-0.2, -0.15) is 0 Å². The molecule has 2 aliphatic rings. The number of ether oxygens (including phenoxy) is 1. The van der Waals surface area contributed by atoms with Crippen molar-refractivity contribution in [1.29, 1.82) is 0 Å². The molecule has 0 aliphatic carbocycles. The van der Waals surface area contributed by atoms with E-state index in [0.29, 0.717) is 6.42 Å². The summed E-state index contributed by atoms with van der Waals surface area (Å²) >= 11 is 0. The summed E-state index contributed by atoms with van der Waals surface area (Å²) in [6.45, 7) is 2.60. The molecule has 1 atom stereocenters. The zero-order valence-electron chi connectivity index (χ0n) is 9.11. The van der Waals surface area contributed by atoms with Crippen LogP contribution >= 0.6 is 0 Å². The van der Waals surface area contributed by atoms with Gasteiger partial charge in [-0.15, -0.1) is 0 Å². The number of rotatable bonds is 2. The molecule has 5 heteroatoms. The summed E-state index contributed by atoms with van der Waals surface area (Å²) in [5.74, 6) is -0.535. The first kappa shape index (κ1) is 10.9. The average molecular weight is 214 g/mol. The molecule has 0 aromatic heterocycles. The Morgan fingerprint density at radius 2 is 1.93 bits per heavy atom. The lowest BCUT2D eigenvalue weighted by Crippen LogP contribution is -2.57. The molecule has 15 heavy (non-hydrogen) atoms. The summed E-state index contributed by atoms with van der Waals surface area (Å²) in [6.07, 6.45) is 3.57. The summed E-state index contributed by atoms with van der Waals surface area (Å²) in [6, 6.07) is 0. The summed E-state index contributed by atoms with van der Waals surface area (Å²) in [5.41, 5.74) is -1.42. The molecule has 2 saturated heterocycles. The van der Waals surface area contributed by atoms with Crippen molar-refractivity contribution in [3.05, 3.63) is 0 Å². The van der Waals surface area contributed by atoms with Gasteiger partial charge in [0.25, 0.3) is 0 Å². The third-order valence-electron chi connectivity index (χ3n) is 3.26. The van der Waals surface area contributed by atoms with Crippen molar-refractivity contribution in [3.63, 3.8) is 0 Å². The van der Waals surface area contributed by atoms with Gasteiger partial charge in [-0.25, -0.2) is 14.8 Å². The van der Waals surface area contributed by atoms with Crippen LogP contribution in [0.3, 0.4) is 0 Å². The van der Waals surface area contributed by atoms with Crippen LogP contribution in [0.25, 0.3) is 0 Å². The summed E-state index contributed by atoms with van der Waals surface area (Å²) in [7, 11) is 1.32. The summed E-state index contributed by atoms with van der Waals surface area (Å²) < 4.78 is 4.67. The van der Waals surface area contributed by atoms with Crippen molar-refractivity contribution < 1.29 is 14.6 Å². The Kier molecular flexibility index (Phi) is 2.95. The maximum Gasteiger partial charge on any atom is 0.354 e. The minimum absolute atomic E-state index is 0.468. The fourth-order valence-electron chi connectivity index (χ4n) is 2.48. The number of nitrogens with zero attached hydrogens (tertiary/aromatic N) is 2. The maximum absolute atomic E-state index is 11.6. The van der Waals surface area contributed by atoms with Crippen LogP contribution in [-0.4, -0.2) is 53.6 Å². The lowest BCUT2D eigenvalue weighted by atomic mass is 10.2. The summed E-state index contributed by atoms with van der Waals surface area (Å²) in [4.78, 5) is 11.6. The smallest absolute Gasteiger partial charge is 0.354 e. The van der Waals surface area contributed by atoms with Gasteiger partial charge in [-0.1, -0.05) is 0 Å². The zero-order valence-corrected chi connectivity index (χ0v) is 9.11. The molecule has 0 saturated carbocycles. The number of carbonyl (C=O) groups is 1. The van der Waals surface area contributed by atoms with Gasteiger partial charge in [0.1, 0.15) is 0 Å². The van der Waals surface area contributed by atoms with Crippen LogP contribution in [0.2, 0.25) is 0 Å². The van der Waals surface area contributed by atoms with Crippen molar-refractivity contribution >= 4 is 5.97 Å². The van der Waals surface area contributed by atoms with Crippen LogP contribution in [0.1, 0.15) is 25.7 Å². The Bertz CT molecular complexity index is 253. The lowest BCUT2D eigenvalue weighted by molar-refractivity contribution is -0.211. The molecule has 5 nitrogen and oxygen atoms in total.